The number of ether oxygens (including phenoxy) is 1. The van der Waals surface area contributed by atoms with Crippen molar-refractivity contribution in [2.45, 2.75) is 51.6 Å². The van der Waals surface area contributed by atoms with E-state index < -0.39 is 23.0 Å². The minimum atomic E-state index is -0.646. The van der Waals surface area contributed by atoms with Gasteiger partial charge in [0.05, 0.1) is 18.5 Å². The van der Waals surface area contributed by atoms with Crippen molar-refractivity contribution >= 4 is 43.5 Å². The number of fused-ring (bicyclic) bond motifs is 1. The normalized spacial score (nSPS) is 14.4. The van der Waals surface area contributed by atoms with Gasteiger partial charge >= 0.3 is 11.7 Å². The number of nitrogens with zero attached hydrogens (tertiary/aromatic N) is 2. The Kier molecular flexibility index (Phi) is 6.43. The molecule has 0 N–H and O–H groups in total. The van der Waals surface area contributed by atoms with Crippen molar-refractivity contribution in [2.75, 3.05) is 6.61 Å². The Morgan fingerprint density at radius 3 is 2.65 bits per heavy atom. The fraction of sp³-hybridized carbons (Fsp3) is 0.409. The molecule has 31 heavy (non-hydrogen) atoms. The van der Waals surface area contributed by atoms with Crippen LogP contribution in [0.5, 0.6) is 0 Å². The predicted octanol–water partition coefficient (Wildman–Crippen LogP) is 4.40. The van der Waals surface area contributed by atoms with Crippen molar-refractivity contribution in [1.29, 1.82) is 0 Å². The Bertz CT molecular complexity index is 1260. The zero-order valence-corrected chi connectivity index (χ0v) is 19.4. The molecular formula is C22H22BrFN2O4S. The van der Waals surface area contributed by atoms with Crippen LogP contribution in [0.15, 0.2) is 38.3 Å². The lowest BCUT2D eigenvalue weighted by atomic mass is 10.1. The molecule has 0 unspecified atom stereocenters. The van der Waals surface area contributed by atoms with Crippen molar-refractivity contribution in [2.24, 2.45) is 0 Å². The van der Waals surface area contributed by atoms with Crippen LogP contribution in [0.3, 0.4) is 0 Å². The molecule has 164 valence electrons. The number of hydrogen-bond donors (Lipinski definition) is 0. The van der Waals surface area contributed by atoms with E-state index in [-0.39, 0.29) is 25.3 Å². The van der Waals surface area contributed by atoms with Crippen LogP contribution < -0.4 is 11.2 Å². The summed E-state index contributed by atoms with van der Waals surface area (Å²) in [5.74, 6) is -0.711. The highest BCUT2D eigenvalue weighted by Crippen LogP contribution is 2.39. The highest BCUT2D eigenvalue weighted by molar-refractivity contribution is 9.10. The number of carbonyl (C=O) groups is 1. The minimum Gasteiger partial charge on any atom is -0.465 e. The maximum absolute atomic E-state index is 14.4. The van der Waals surface area contributed by atoms with Crippen LogP contribution in [0.25, 0.3) is 10.2 Å². The van der Waals surface area contributed by atoms with Gasteiger partial charge in [-0.05, 0) is 43.9 Å². The number of rotatable bonds is 6. The van der Waals surface area contributed by atoms with Gasteiger partial charge in [-0.25, -0.2) is 9.18 Å². The van der Waals surface area contributed by atoms with Gasteiger partial charge in [0, 0.05) is 14.9 Å². The second-order valence-electron chi connectivity index (χ2n) is 7.65. The number of hydrogen-bond acceptors (Lipinski definition) is 5. The van der Waals surface area contributed by atoms with Gasteiger partial charge in [0.1, 0.15) is 17.2 Å². The molecule has 0 radical (unpaired) electrons. The smallest absolute Gasteiger partial charge is 0.332 e. The van der Waals surface area contributed by atoms with Gasteiger partial charge in [-0.15, -0.1) is 11.3 Å². The third-order valence-electron chi connectivity index (χ3n) is 5.61. The summed E-state index contributed by atoms with van der Waals surface area (Å²) in [4.78, 5) is 40.2. The quantitative estimate of drug-likeness (QED) is 0.462. The number of carbonyl (C=O) groups excluding carboxylic acids is 1. The summed E-state index contributed by atoms with van der Waals surface area (Å²) in [6, 6.07) is 6.32. The molecule has 0 amide bonds. The summed E-state index contributed by atoms with van der Waals surface area (Å²) >= 11 is 4.60. The first-order chi connectivity index (χ1) is 14.9. The third-order valence-corrected chi connectivity index (χ3v) is 7.42. The molecule has 0 saturated heterocycles. The summed E-state index contributed by atoms with van der Waals surface area (Å²) in [5.41, 5.74) is -0.897. The van der Waals surface area contributed by atoms with E-state index in [2.05, 4.69) is 15.9 Å². The van der Waals surface area contributed by atoms with Crippen LogP contribution in [0.1, 0.15) is 49.0 Å². The van der Waals surface area contributed by atoms with Crippen LogP contribution in [0, 0.1) is 5.82 Å². The summed E-state index contributed by atoms with van der Waals surface area (Å²) in [7, 11) is 0. The van der Waals surface area contributed by atoms with E-state index in [9.17, 15) is 18.8 Å². The molecule has 1 aromatic carbocycles. The third kappa shape index (κ3) is 4.39. The summed E-state index contributed by atoms with van der Waals surface area (Å²) in [5, 5.41) is 0.383. The highest BCUT2D eigenvalue weighted by atomic mass is 79.9. The first-order valence-corrected chi connectivity index (χ1v) is 11.9. The molecular weight excluding hydrogens is 487 g/mol. The zero-order chi connectivity index (χ0) is 22.1. The van der Waals surface area contributed by atoms with E-state index in [0.717, 1.165) is 35.1 Å². The van der Waals surface area contributed by atoms with Crippen LogP contribution in [0.4, 0.5) is 4.39 Å². The molecule has 1 fully saturated rings. The molecule has 1 aliphatic carbocycles. The Labute approximate surface area is 190 Å². The van der Waals surface area contributed by atoms with Gasteiger partial charge in [-0.2, -0.15) is 0 Å². The molecule has 2 heterocycles. The van der Waals surface area contributed by atoms with E-state index in [1.54, 1.807) is 13.0 Å². The average Bonchev–Trinajstić information content (AvgIpc) is 3.40. The number of aromatic nitrogens is 2. The van der Waals surface area contributed by atoms with E-state index >= 15 is 0 Å². The fourth-order valence-corrected chi connectivity index (χ4v) is 5.71. The second-order valence-corrected chi connectivity index (χ2v) is 9.63. The van der Waals surface area contributed by atoms with Crippen LogP contribution in [-0.2, 0) is 22.6 Å². The molecule has 0 aliphatic heterocycles. The predicted molar refractivity (Wildman–Crippen MR) is 121 cm³/mol. The Hall–Kier alpha value is -2.26. The van der Waals surface area contributed by atoms with Crippen molar-refractivity contribution in [3.63, 3.8) is 0 Å². The topological polar surface area (TPSA) is 70.3 Å². The maximum Gasteiger partial charge on any atom is 0.332 e. The van der Waals surface area contributed by atoms with Gasteiger partial charge in [-0.1, -0.05) is 34.8 Å². The van der Waals surface area contributed by atoms with Gasteiger partial charge in [-0.3, -0.25) is 18.7 Å². The molecule has 1 saturated carbocycles. The highest BCUT2D eigenvalue weighted by Gasteiger charge is 2.24. The molecule has 0 atom stereocenters. The van der Waals surface area contributed by atoms with Crippen LogP contribution in [-0.4, -0.2) is 21.7 Å². The van der Waals surface area contributed by atoms with Crippen molar-refractivity contribution < 1.29 is 13.9 Å². The average molecular weight is 509 g/mol. The molecule has 4 rings (SSSR count). The molecule has 0 bridgehead atoms. The van der Waals surface area contributed by atoms with Crippen LogP contribution in [0.2, 0.25) is 0 Å². The zero-order valence-electron chi connectivity index (χ0n) is 17.0. The SMILES string of the molecule is CCOC(=O)Cn1c(=O)n(Cc2ccc(Br)cc2F)c(=O)c2cc(C3CCCC3)sc21. The van der Waals surface area contributed by atoms with Gasteiger partial charge in [0.2, 0.25) is 0 Å². The number of thiophene rings is 1. The number of esters is 1. The first-order valence-electron chi connectivity index (χ1n) is 10.3. The van der Waals surface area contributed by atoms with E-state index in [1.165, 1.54) is 28.0 Å². The lowest BCUT2D eigenvalue weighted by Crippen LogP contribution is -2.41. The molecule has 6 nitrogen and oxygen atoms in total. The minimum absolute atomic E-state index is 0.193. The largest absolute Gasteiger partial charge is 0.465 e. The molecule has 9 heteroatoms. The summed E-state index contributed by atoms with van der Waals surface area (Å²) < 4.78 is 22.3. The van der Waals surface area contributed by atoms with Crippen molar-refractivity contribution in [3.05, 3.63) is 65.8 Å². The van der Waals surface area contributed by atoms with Crippen molar-refractivity contribution in [1.82, 2.24) is 9.13 Å². The lowest BCUT2D eigenvalue weighted by molar-refractivity contribution is -0.143. The van der Waals surface area contributed by atoms with Crippen LogP contribution >= 0.6 is 27.3 Å². The molecule has 1 aliphatic rings. The maximum atomic E-state index is 14.4. The Balaban J connectivity index is 1.87. The summed E-state index contributed by atoms with van der Waals surface area (Å²) in [6.07, 6.45) is 4.38. The number of halogens is 2. The molecule has 3 aromatic rings. The van der Waals surface area contributed by atoms with Gasteiger partial charge in [0.15, 0.2) is 0 Å². The van der Waals surface area contributed by atoms with Crippen molar-refractivity contribution in [3.8, 4) is 0 Å². The summed E-state index contributed by atoms with van der Waals surface area (Å²) in [6.45, 7) is 1.37. The lowest BCUT2D eigenvalue weighted by Gasteiger charge is -2.12. The second kappa shape index (κ2) is 9.08. The first kappa shape index (κ1) is 22.0. The number of benzene rings is 1. The Morgan fingerprint density at radius 2 is 1.97 bits per heavy atom. The van der Waals surface area contributed by atoms with E-state index in [0.29, 0.717) is 20.6 Å². The van der Waals surface area contributed by atoms with E-state index in [1.807, 2.05) is 6.07 Å². The molecule has 0 spiro atoms. The van der Waals surface area contributed by atoms with Gasteiger partial charge in [0.25, 0.3) is 5.56 Å². The Morgan fingerprint density at radius 1 is 1.23 bits per heavy atom. The van der Waals surface area contributed by atoms with Gasteiger partial charge < -0.3 is 4.74 Å². The van der Waals surface area contributed by atoms with E-state index in [4.69, 9.17) is 4.74 Å². The standard InChI is InChI=1S/C22H22BrFN2O4S/c1-2-30-19(27)12-26-21-16(10-18(31-21)13-5-3-4-6-13)20(28)25(22(26)29)11-14-7-8-15(23)9-17(14)24/h7-10,13H,2-6,11-12H2,1H3. The fourth-order valence-electron chi connectivity index (χ4n) is 4.06. The molecule has 2 aromatic heterocycles. The monoisotopic (exact) mass is 508 g/mol.